The molecule has 1 N–H and O–H groups in total. The van der Waals surface area contributed by atoms with Gasteiger partial charge >= 0.3 is 0 Å². The Bertz CT molecular complexity index is 562. The summed E-state index contributed by atoms with van der Waals surface area (Å²) in [6, 6.07) is 2.79. The maximum Gasteiger partial charge on any atom is 0.242 e. The molecule has 1 aromatic carbocycles. The summed E-state index contributed by atoms with van der Waals surface area (Å²) < 4.78 is 40.1. The van der Waals surface area contributed by atoms with Crippen molar-refractivity contribution < 1.29 is 12.8 Å². The lowest BCUT2D eigenvalue weighted by atomic mass is 10.1. The van der Waals surface area contributed by atoms with Crippen LogP contribution >= 0.6 is 11.8 Å². The minimum atomic E-state index is -3.57. The molecule has 0 aliphatic heterocycles. The van der Waals surface area contributed by atoms with E-state index in [9.17, 15) is 12.8 Å². The largest absolute Gasteiger partial charge is 0.316 e. The summed E-state index contributed by atoms with van der Waals surface area (Å²) in [5, 5.41) is 2.84. The Morgan fingerprint density at radius 1 is 1.40 bits per heavy atom. The molecule has 20 heavy (non-hydrogen) atoms. The number of nitrogens with one attached hydrogen (secondary N) is 1. The molecule has 7 heteroatoms. The van der Waals surface area contributed by atoms with Gasteiger partial charge in [-0.3, -0.25) is 0 Å². The van der Waals surface area contributed by atoms with Gasteiger partial charge < -0.3 is 5.32 Å². The van der Waals surface area contributed by atoms with Gasteiger partial charge in [0.05, 0.1) is 4.90 Å². The van der Waals surface area contributed by atoms with Crippen LogP contribution in [-0.4, -0.2) is 45.4 Å². The topological polar surface area (TPSA) is 49.4 Å². The van der Waals surface area contributed by atoms with E-state index in [0.717, 1.165) is 5.75 Å². The maximum atomic E-state index is 13.9. The van der Waals surface area contributed by atoms with Gasteiger partial charge in [0.1, 0.15) is 5.82 Å². The fourth-order valence-corrected chi connectivity index (χ4v) is 3.68. The first-order valence-electron chi connectivity index (χ1n) is 6.23. The van der Waals surface area contributed by atoms with Crippen LogP contribution in [0.1, 0.15) is 11.1 Å². The number of halogens is 1. The molecule has 1 rings (SSSR count). The highest BCUT2D eigenvalue weighted by molar-refractivity contribution is 7.98. The molecule has 0 aliphatic rings. The van der Waals surface area contributed by atoms with Gasteiger partial charge in [0, 0.05) is 31.5 Å². The molecule has 0 radical (unpaired) electrons. The molecule has 0 unspecified atom stereocenters. The third-order valence-corrected chi connectivity index (χ3v) is 5.41. The summed E-state index contributed by atoms with van der Waals surface area (Å²) in [6.45, 7) is 2.31. The number of sulfonamides is 1. The normalized spacial score (nSPS) is 12.1. The van der Waals surface area contributed by atoms with Crippen LogP contribution in [0.25, 0.3) is 0 Å². The van der Waals surface area contributed by atoms with Crippen LogP contribution in [0.4, 0.5) is 4.39 Å². The molecule has 0 atom stereocenters. The minimum Gasteiger partial charge on any atom is -0.316 e. The zero-order valence-corrected chi connectivity index (χ0v) is 13.9. The monoisotopic (exact) mass is 320 g/mol. The van der Waals surface area contributed by atoms with Gasteiger partial charge in [0.25, 0.3) is 0 Å². The molecule has 0 spiro atoms. The number of rotatable bonds is 7. The molecule has 0 heterocycles. The molecule has 0 fully saturated rings. The van der Waals surface area contributed by atoms with Crippen LogP contribution in [0.2, 0.25) is 0 Å². The molecular formula is C13H21FN2O2S2. The SMILES string of the molecule is CNCc1cc(S(=O)(=O)N(C)CCSC)cc(C)c1F. The zero-order valence-electron chi connectivity index (χ0n) is 12.2. The van der Waals surface area contributed by atoms with E-state index in [1.807, 2.05) is 6.26 Å². The van der Waals surface area contributed by atoms with Crippen LogP contribution < -0.4 is 5.32 Å². The molecule has 114 valence electrons. The summed E-state index contributed by atoms with van der Waals surface area (Å²) in [7, 11) is -0.327. The number of benzene rings is 1. The Hall–Kier alpha value is -0.630. The summed E-state index contributed by atoms with van der Waals surface area (Å²) in [5.41, 5.74) is 0.707. The summed E-state index contributed by atoms with van der Waals surface area (Å²) >= 11 is 1.58. The van der Waals surface area contributed by atoms with Crippen molar-refractivity contribution in [1.82, 2.24) is 9.62 Å². The number of aryl methyl sites for hydroxylation is 1. The van der Waals surface area contributed by atoms with Gasteiger partial charge in [-0.25, -0.2) is 17.1 Å². The lowest BCUT2D eigenvalue weighted by molar-refractivity contribution is 0.488. The second-order valence-electron chi connectivity index (χ2n) is 4.56. The lowest BCUT2D eigenvalue weighted by Gasteiger charge is -2.18. The van der Waals surface area contributed by atoms with Crippen molar-refractivity contribution in [2.45, 2.75) is 18.4 Å². The van der Waals surface area contributed by atoms with Crippen molar-refractivity contribution in [2.75, 3.05) is 32.6 Å². The average molecular weight is 320 g/mol. The smallest absolute Gasteiger partial charge is 0.242 e. The first-order chi connectivity index (χ1) is 9.34. The van der Waals surface area contributed by atoms with Gasteiger partial charge in [-0.1, -0.05) is 0 Å². The molecular weight excluding hydrogens is 299 g/mol. The molecule has 0 bridgehead atoms. The van der Waals surface area contributed by atoms with Crippen molar-refractivity contribution in [3.63, 3.8) is 0 Å². The number of hydrogen-bond acceptors (Lipinski definition) is 4. The number of thioether (sulfide) groups is 1. The van der Waals surface area contributed by atoms with Crippen molar-refractivity contribution >= 4 is 21.8 Å². The van der Waals surface area contributed by atoms with E-state index >= 15 is 0 Å². The minimum absolute atomic E-state index is 0.144. The second-order valence-corrected chi connectivity index (χ2v) is 7.59. The standard InChI is InChI=1S/C13H21FN2O2S2/c1-10-7-12(8-11(9-15-2)13(10)14)20(17,18)16(3)5-6-19-4/h7-8,15H,5-6,9H2,1-4H3. The lowest BCUT2D eigenvalue weighted by Crippen LogP contribution is -2.29. The van der Waals surface area contributed by atoms with E-state index < -0.39 is 10.0 Å². The third kappa shape index (κ3) is 3.94. The zero-order chi connectivity index (χ0) is 15.3. The Morgan fingerprint density at radius 3 is 2.60 bits per heavy atom. The van der Waals surface area contributed by atoms with Crippen LogP contribution in [0.3, 0.4) is 0 Å². The Balaban J connectivity index is 3.18. The molecule has 1 aromatic rings. The van der Waals surface area contributed by atoms with Crippen LogP contribution in [-0.2, 0) is 16.6 Å². The van der Waals surface area contributed by atoms with Crippen molar-refractivity contribution in [1.29, 1.82) is 0 Å². The Labute approximate surface area is 124 Å². The Morgan fingerprint density at radius 2 is 2.05 bits per heavy atom. The first kappa shape index (κ1) is 17.4. The van der Waals surface area contributed by atoms with Gasteiger partial charge in [-0.2, -0.15) is 11.8 Å². The Kier molecular flexibility index (Phi) is 6.44. The van der Waals surface area contributed by atoms with E-state index in [1.54, 1.807) is 32.8 Å². The second kappa shape index (κ2) is 7.40. The predicted octanol–water partition coefficient (Wildman–Crippen LogP) is 1.84. The van der Waals surface area contributed by atoms with E-state index in [0.29, 0.717) is 24.2 Å². The van der Waals surface area contributed by atoms with Crippen molar-refractivity contribution in [2.24, 2.45) is 0 Å². The molecule has 4 nitrogen and oxygen atoms in total. The fourth-order valence-electron chi connectivity index (χ4n) is 1.79. The van der Waals surface area contributed by atoms with Crippen molar-refractivity contribution in [3.8, 4) is 0 Å². The molecule has 0 saturated carbocycles. The van der Waals surface area contributed by atoms with Crippen molar-refractivity contribution in [3.05, 3.63) is 29.1 Å². The highest BCUT2D eigenvalue weighted by atomic mass is 32.2. The predicted molar refractivity (Wildman–Crippen MR) is 82.1 cm³/mol. The van der Waals surface area contributed by atoms with E-state index in [-0.39, 0.29) is 10.7 Å². The van der Waals surface area contributed by atoms with Crippen LogP contribution in [0.15, 0.2) is 17.0 Å². The molecule has 0 saturated heterocycles. The van der Waals surface area contributed by atoms with E-state index in [1.165, 1.54) is 16.4 Å². The number of hydrogen-bond donors (Lipinski definition) is 1. The van der Waals surface area contributed by atoms with E-state index in [4.69, 9.17) is 0 Å². The van der Waals surface area contributed by atoms with Gasteiger partial charge in [0.15, 0.2) is 0 Å². The quantitative estimate of drug-likeness (QED) is 0.833. The third-order valence-electron chi connectivity index (χ3n) is 2.99. The van der Waals surface area contributed by atoms with Crippen LogP contribution in [0, 0.1) is 12.7 Å². The summed E-state index contributed by atoms with van der Waals surface area (Å²) in [4.78, 5) is 0.144. The van der Waals surface area contributed by atoms with Crippen LogP contribution in [0.5, 0.6) is 0 Å². The van der Waals surface area contributed by atoms with Gasteiger partial charge in [0.2, 0.25) is 10.0 Å². The molecule has 0 amide bonds. The van der Waals surface area contributed by atoms with Gasteiger partial charge in [-0.15, -0.1) is 0 Å². The highest BCUT2D eigenvalue weighted by Crippen LogP contribution is 2.21. The van der Waals surface area contributed by atoms with E-state index in [2.05, 4.69) is 5.32 Å². The first-order valence-corrected chi connectivity index (χ1v) is 9.07. The average Bonchev–Trinajstić information content (AvgIpc) is 2.40. The maximum absolute atomic E-state index is 13.9. The number of nitrogens with zero attached hydrogens (tertiary/aromatic N) is 1. The molecule has 0 aliphatic carbocycles. The summed E-state index contributed by atoms with van der Waals surface area (Å²) in [6.07, 6.45) is 1.92. The highest BCUT2D eigenvalue weighted by Gasteiger charge is 2.22. The molecule has 0 aromatic heterocycles. The van der Waals surface area contributed by atoms with Gasteiger partial charge in [-0.05, 0) is 37.9 Å². The fraction of sp³-hybridized carbons (Fsp3) is 0.538. The summed E-state index contributed by atoms with van der Waals surface area (Å²) in [5.74, 6) is 0.365.